The van der Waals surface area contributed by atoms with Crippen molar-refractivity contribution < 1.29 is 18.7 Å². The van der Waals surface area contributed by atoms with Crippen LogP contribution < -0.4 is 4.74 Å². The van der Waals surface area contributed by atoms with Crippen molar-refractivity contribution in [2.45, 2.75) is 33.0 Å². The van der Waals surface area contributed by atoms with Crippen molar-refractivity contribution in [1.29, 1.82) is 0 Å². The Morgan fingerprint density at radius 3 is 2.74 bits per heavy atom. The van der Waals surface area contributed by atoms with Crippen LogP contribution in [0.3, 0.4) is 0 Å². The minimum atomic E-state index is -0.820. The van der Waals surface area contributed by atoms with Gasteiger partial charge in [0.25, 0.3) is 5.89 Å². The monoisotopic (exact) mass is 266 g/mol. The summed E-state index contributed by atoms with van der Waals surface area (Å²) in [5.41, 5.74) is 0.384. The van der Waals surface area contributed by atoms with Gasteiger partial charge in [-0.3, -0.25) is 0 Å². The quantitative estimate of drug-likeness (QED) is 0.900. The van der Waals surface area contributed by atoms with Crippen molar-refractivity contribution in [3.63, 3.8) is 0 Å². The summed E-state index contributed by atoms with van der Waals surface area (Å²) in [6.07, 6.45) is -0.165. The van der Waals surface area contributed by atoms with Crippen LogP contribution in [0.2, 0.25) is 0 Å². The lowest BCUT2D eigenvalue weighted by Gasteiger charge is -2.12. The highest BCUT2D eigenvalue weighted by Gasteiger charge is 2.12. The fraction of sp³-hybridized carbons (Fsp3) is 0.385. The zero-order chi connectivity index (χ0) is 13.8. The third kappa shape index (κ3) is 3.29. The van der Waals surface area contributed by atoms with Gasteiger partial charge < -0.3 is 14.3 Å². The van der Waals surface area contributed by atoms with Crippen molar-refractivity contribution in [1.82, 2.24) is 10.2 Å². The molecule has 0 fully saturated rings. The minimum absolute atomic E-state index is 0.0817. The molecular formula is C13H15FN2O3. The molecule has 1 aromatic heterocycles. The first kappa shape index (κ1) is 13.5. The van der Waals surface area contributed by atoms with E-state index in [9.17, 15) is 9.50 Å². The van der Waals surface area contributed by atoms with Crippen LogP contribution in [0, 0.1) is 5.82 Å². The van der Waals surface area contributed by atoms with Gasteiger partial charge in [0.15, 0.2) is 6.61 Å². The molecule has 0 aliphatic carbocycles. The molecule has 5 nitrogen and oxygen atoms in total. The van der Waals surface area contributed by atoms with E-state index in [2.05, 4.69) is 10.2 Å². The Bertz CT molecular complexity index is 555. The Balaban J connectivity index is 2.10. The first-order chi connectivity index (χ1) is 9.10. The van der Waals surface area contributed by atoms with Crippen LogP contribution in [0.5, 0.6) is 5.75 Å². The molecule has 0 radical (unpaired) electrons. The Hall–Kier alpha value is -1.95. The molecule has 0 saturated heterocycles. The van der Waals surface area contributed by atoms with Gasteiger partial charge in [-0.25, -0.2) is 4.39 Å². The SMILES string of the molecule is CCc1nnc(COc2ccc(F)cc2[C@H](C)O)o1. The number of aliphatic hydroxyl groups is 1. The second-order valence-electron chi connectivity index (χ2n) is 4.09. The summed E-state index contributed by atoms with van der Waals surface area (Å²) >= 11 is 0. The number of hydrogen-bond donors (Lipinski definition) is 1. The average Bonchev–Trinajstić information content (AvgIpc) is 2.85. The van der Waals surface area contributed by atoms with Crippen LogP contribution in [0.4, 0.5) is 4.39 Å². The number of ether oxygens (including phenoxy) is 1. The summed E-state index contributed by atoms with van der Waals surface area (Å²) in [6.45, 7) is 3.53. The van der Waals surface area contributed by atoms with Crippen molar-refractivity contribution in [3.05, 3.63) is 41.4 Å². The fourth-order valence-electron chi connectivity index (χ4n) is 1.61. The van der Waals surface area contributed by atoms with E-state index in [0.29, 0.717) is 29.5 Å². The largest absolute Gasteiger partial charge is 0.483 e. The lowest BCUT2D eigenvalue weighted by molar-refractivity contribution is 0.186. The molecule has 0 bridgehead atoms. The highest BCUT2D eigenvalue weighted by atomic mass is 19.1. The van der Waals surface area contributed by atoms with E-state index in [0.717, 1.165) is 0 Å². The number of rotatable bonds is 5. The van der Waals surface area contributed by atoms with Crippen LogP contribution in [-0.4, -0.2) is 15.3 Å². The predicted molar refractivity (Wildman–Crippen MR) is 65.0 cm³/mol. The van der Waals surface area contributed by atoms with Crippen LogP contribution in [0.25, 0.3) is 0 Å². The van der Waals surface area contributed by atoms with Gasteiger partial charge in [0.2, 0.25) is 5.89 Å². The molecule has 0 saturated carbocycles. The number of benzene rings is 1. The maximum Gasteiger partial charge on any atom is 0.253 e. The highest BCUT2D eigenvalue weighted by Crippen LogP contribution is 2.26. The molecule has 0 aliphatic heterocycles. The molecule has 2 rings (SSSR count). The summed E-state index contributed by atoms with van der Waals surface area (Å²) in [4.78, 5) is 0. The van der Waals surface area contributed by atoms with Crippen LogP contribution >= 0.6 is 0 Å². The molecule has 0 unspecified atom stereocenters. The lowest BCUT2D eigenvalue weighted by Crippen LogP contribution is -2.02. The Labute approximate surface area is 110 Å². The summed E-state index contributed by atoms with van der Waals surface area (Å²) in [6, 6.07) is 3.98. The Morgan fingerprint density at radius 2 is 2.11 bits per heavy atom. The molecule has 1 aromatic carbocycles. The summed E-state index contributed by atoms with van der Waals surface area (Å²) in [5, 5.41) is 17.2. The summed E-state index contributed by atoms with van der Waals surface area (Å²) in [5.74, 6) is 0.855. The smallest absolute Gasteiger partial charge is 0.253 e. The van der Waals surface area contributed by atoms with E-state index in [4.69, 9.17) is 9.15 Å². The topological polar surface area (TPSA) is 68.4 Å². The third-order valence-corrected chi connectivity index (χ3v) is 2.58. The zero-order valence-electron chi connectivity index (χ0n) is 10.8. The molecule has 2 aromatic rings. The number of aliphatic hydroxyl groups excluding tert-OH is 1. The fourth-order valence-corrected chi connectivity index (χ4v) is 1.61. The van der Waals surface area contributed by atoms with Gasteiger partial charge in [-0.1, -0.05) is 6.92 Å². The van der Waals surface area contributed by atoms with E-state index in [1.54, 1.807) is 6.92 Å². The maximum atomic E-state index is 13.1. The number of hydrogen-bond acceptors (Lipinski definition) is 5. The number of aryl methyl sites for hydroxylation is 1. The number of nitrogens with zero attached hydrogens (tertiary/aromatic N) is 2. The molecule has 19 heavy (non-hydrogen) atoms. The Morgan fingerprint density at radius 1 is 1.37 bits per heavy atom. The van der Waals surface area contributed by atoms with Crippen molar-refractivity contribution in [2.75, 3.05) is 0 Å². The highest BCUT2D eigenvalue weighted by molar-refractivity contribution is 5.35. The van der Waals surface area contributed by atoms with E-state index in [1.165, 1.54) is 18.2 Å². The second-order valence-corrected chi connectivity index (χ2v) is 4.09. The minimum Gasteiger partial charge on any atom is -0.483 e. The molecule has 102 valence electrons. The van der Waals surface area contributed by atoms with Crippen molar-refractivity contribution in [3.8, 4) is 5.75 Å². The van der Waals surface area contributed by atoms with E-state index >= 15 is 0 Å². The van der Waals surface area contributed by atoms with Crippen molar-refractivity contribution >= 4 is 0 Å². The van der Waals surface area contributed by atoms with E-state index in [-0.39, 0.29) is 6.61 Å². The maximum absolute atomic E-state index is 13.1. The first-order valence-electron chi connectivity index (χ1n) is 6.01. The van der Waals surface area contributed by atoms with Gasteiger partial charge >= 0.3 is 0 Å². The molecule has 0 spiro atoms. The molecule has 1 N–H and O–H groups in total. The van der Waals surface area contributed by atoms with E-state index < -0.39 is 11.9 Å². The molecule has 1 atom stereocenters. The van der Waals surface area contributed by atoms with Gasteiger partial charge in [-0.15, -0.1) is 10.2 Å². The molecule has 1 heterocycles. The second kappa shape index (κ2) is 5.79. The molecule has 0 amide bonds. The third-order valence-electron chi connectivity index (χ3n) is 2.58. The van der Waals surface area contributed by atoms with Crippen LogP contribution in [0.15, 0.2) is 22.6 Å². The Kier molecular flexibility index (Phi) is 4.11. The van der Waals surface area contributed by atoms with Gasteiger partial charge in [-0.2, -0.15) is 0 Å². The lowest BCUT2D eigenvalue weighted by atomic mass is 10.1. The normalized spacial score (nSPS) is 12.4. The molecular weight excluding hydrogens is 251 g/mol. The number of halogens is 1. The average molecular weight is 266 g/mol. The molecule has 6 heteroatoms. The summed E-state index contributed by atoms with van der Waals surface area (Å²) in [7, 11) is 0. The zero-order valence-corrected chi connectivity index (χ0v) is 10.8. The summed E-state index contributed by atoms with van der Waals surface area (Å²) < 4.78 is 23.9. The van der Waals surface area contributed by atoms with Crippen molar-refractivity contribution in [2.24, 2.45) is 0 Å². The van der Waals surface area contributed by atoms with Crippen LogP contribution in [-0.2, 0) is 13.0 Å². The standard InChI is InChI=1S/C13H15FN2O3/c1-3-12-15-16-13(19-12)7-18-11-5-4-9(14)6-10(11)8(2)17/h4-6,8,17H,3,7H2,1-2H3/t8-/m0/s1. The van der Waals surface area contributed by atoms with Gasteiger partial charge in [-0.05, 0) is 25.1 Å². The predicted octanol–water partition coefficient (Wildman–Crippen LogP) is 2.40. The van der Waals surface area contributed by atoms with Gasteiger partial charge in [0.05, 0.1) is 6.10 Å². The van der Waals surface area contributed by atoms with Gasteiger partial charge in [0, 0.05) is 12.0 Å². The molecule has 0 aliphatic rings. The van der Waals surface area contributed by atoms with E-state index in [1.807, 2.05) is 6.92 Å². The first-order valence-corrected chi connectivity index (χ1v) is 6.01. The number of aromatic nitrogens is 2. The van der Waals surface area contributed by atoms with Gasteiger partial charge in [0.1, 0.15) is 11.6 Å². The van der Waals surface area contributed by atoms with Crippen LogP contribution in [0.1, 0.15) is 37.3 Å².